The van der Waals surface area contributed by atoms with E-state index in [1.165, 1.54) is 27.8 Å². The maximum atomic E-state index is 12.9. The van der Waals surface area contributed by atoms with E-state index in [-0.39, 0.29) is 29.0 Å². The van der Waals surface area contributed by atoms with Crippen LogP contribution in [0.2, 0.25) is 0 Å². The highest BCUT2D eigenvalue weighted by molar-refractivity contribution is 8.02. The van der Waals surface area contributed by atoms with Gasteiger partial charge in [-0.2, -0.15) is 0 Å². The van der Waals surface area contributed by atoms with Crippen LogP contribution in [-0.4, -0.2) is 36.6 Å². The van der Waals surface area contributed by atoms with E-state index in [0.717, 1.165) is 0 Å². The van der Waals surface area contributed by atoms with E-state index in [4.69, 9.17) is 0 Å². The van der Waals surface area contributed by atoms with Crippen LogP contribution < -0.4 is 16.2 Å². The van der Waals surface area contributed by atoms with Gasteiger partial charge in [0.2, 0.25) is 16.9 Å². The number of hydrogen-bond acceptors (Lipinski definition) is 7. The number of nitrogens with one attached hydrogen (secondary N) is 2. The number of aromatic nitrogens is 4. The van der Waals surface area contributed by atoms with E-state index in [1.54, 1.807) is 39.4 Å². The van der Waals surface area contributed by atoms with Crippen LogP contribution in [-0.2, 0) is 16.6 Å². The van der Waals surface area contributed by atoms with Gasteiger partial charge in [0.05, 0.1) is 16.6 Å². The molecular weight excluding hydrogens is 436 g/mol. The Morgan fingerprint density at radius 1 is 1.06 bits per heavy atom. The summed E-state index contributed by atoms with van der Waals surface area (Å²) in [5, 5.41) is 13.3. The minimum Gasteiger partial charge on any atom is -0.319 e. The van der Waals surface area contributed by atoms with Crippen LogP contribution in [0.1, 0.15) is 26.5 Å². The standard InChI is InChI=1S/C20H24N6O3S2/c1-11(2)16(27)22-19-23-24-20(31-19)30-13(4)17(28)21-15-12(3)25(5)26(18(15)29)14-9-7-6-8-10-14/h6-11,13H,1-5H3,(H,21,28)(H,22,23,27). The number of carbonyl (C=O) groups excluding carboxylic acids is 2. The summed E-state index contributed by atoms with van der Waals surface area (Å²) in [6, 6.07) is 9.23. The Morgan fingerprint density at radius 2 is 1.74 bits per heavy atom. The van der Waals surface area contributed by atoms with E-state index in [0.29, 0.717) is 20.9 Å². The predicted octanol–water partition coefficient (Wildman–Crippen LogP) is 3.05. The van der Waals surface area contributed by atoms with Crippen LogP contribution in [0.3, 0.4) is 0 Å². The smallest absolute Gasteiger partial charge is 0.295 e. The Hall–Kier alpha value is -2.92. The van der Waals surface area contributed by atoms with E-state index in [9.17, 15) is 14.4 Å². The Morgan fingerprint density at radius 3 is 2.39 bits per heavy atom. The van der Waals surface area contributed by atoms with Crippen molar-refractivity contribution in [1.29, 1.82) is 0 Å². The molecule has 1 atom stereocenters. The van der Waals surface area contributed by atoms with Crippen molar-refractivity contribution in [3.05, 3.63) is 46.4 Å². The quantitative estimate of drug-likeness (QED) is 0.414. The first-order chi connectivity index (χ1) is 14.7. The Bertz CT molecular complexity index is 1150. The zero-order valence-corrected chi connectivity index (χ0v) is 19.5. The lowest BCUT2D eigenvalue weighted by Crippen LogP contribution is -2.27. The molecule has 3 rings (SSSR count). The molecule has 11 heteroatoms. The summed E-state index contributed by atoms with van der Waals surface area (Å²) in [5.41, 5.74) is 1.30. The zero-order chi connectivity index (χ0) is 22.7. The van der Waals surface area contributed by atoms with E-state index < -0.39 is 5.25 Å². The number of thioether (sulfide) groups is 1. The number of amides is 2. The minimum absolute atomic E-state index is 0.146. The second-order valence-electron chi connectivity index (χ2n) is 7.20. The minimum atomic E-state index is -0.522. The summed E-state index contributed by atoms with van der Waals surface area (Å²) >= 11 is 2.41. The second kappa shape index (κ2) is 9.48. The van der Waals surface area contributed by atoms with Crippen molar-refractivity contribution in [3.8, 4) is 5.69 Å². The number of hydrogen-bond donors (Lipinski definition) is 2. The highest BCUT2D eigenvalue weighted by Gasteiger charge is 2.23. The maximum absolute atomic E-state index is 12.9. The molecule has 1 unspecified atom stereocenters. The van der Waals surface area contributed by atoms with E-state index >= 15 is 0 Å². The van der Waals surface area contributed by atoms with Crippen LogP contribution in [0.5, 0.6) is 0 Å². The molecular formula is C20H24N6O3S2. The van der Waals surface area contributed by atoms with Gasteiger partial charge in [0.1, 0.15) is 5.69 Å². The van der Waals surface area contributed by atoms with Gasteiger partial charge in [0.15, 0.2) is 4.34 Å². The molecule has 0 saturated heterocycles. The summed E-state index contributed by atoms with van der Waals surface area (Å²) in [7, 11) is 1.77. The second-order valence-corrected chi connectivity index (χ2v) is 9.77. The summed E-state index contributed by atoms with van der Waals surface area (Å²) in [4.78, 5) is 37.5. The van der Waals surface area contributed by atoms with Gasteiger partial charge in [0.25, 0.3) is 5.56 Å². The first kappa shape index (κ1) is 22.8. The van der Waals surface area contributed by atoms with Crippen molar-refractivity contribution in [2.24, 2.45) is 13.0 Å². The molecule has 1 aromatic carbocycles. The van der Waals surface area contributed by atoms with Gasteiger partial charge in [-0.15, -0.1) is 10.2 Å². The normalized spacial score (nSPS) is 12.1. The largest absolute Gasteiger partial charge is 0.319 e. The number of carbonyl (C=O) groups is 2. The molecule has 2 heterocycles. The highest BCUT2D eigenvalue weighted by Crippen LogP contribution is 2.29. The van der Waals surface area contributed by atoms with Crippen molar-refractivity contribution in [2.75, 3.05) is 10.6 Å². The molecule has 9 nitrogen and oxygen atoms in total. The maximum Gasteiger partial charge on any atom is 0.295 e. The number of anilines is 2. The molecule has 2 N–H and O–H groups in total. The summed E-state index contributed by atoms with van der Waals surface area (Å²) in [6.07, 6.45) is 0. The van der Waals surface area contributed by atoms with Crippen molar-refractivity contribution in [2.45, 2.75) is 37.3 Å². The van der Waals surface area contributed by atoms with Crippen LogP contribution in [0, 0.1) is 12.8 Å². The fraction of sp³-hybridized carbons (Fsp3) is 0.350. The third kappa shape index (κ3) is 5.05. The first-order valence-electron chi connectivity index (χ1n) is 9.65. The van der Waals surface area contributed by atoms with Gasteiger partial charge in [0, 0.05) is 13.0 Å². The molecule has 0 fully saturated rings. The number of benzene rings is 1. The average Bonchev–Trinajstić information content (AvgIpc) is 3.26. The molecule has 2 amide bonds. The van der Waals surface area contributed by atoms with Gasteiger partial charge >= 0.3 is 0 Å². The van der Waals surface area contributed by atoms with Crippen molar-refractivity contribution in [3.63, 3.8) is 0 Å². The van der Waals surface area contributed by atoms with Crippen LogP contribution >= 0.6 is 23.1 Å². The molecule has 164 valence electrons. The average molecular weight is 461 g/mol. The van der Waals surface area contributed by atoms with Gasteiger partial charge in [-0.1, -0.05) is 55.1 Å². The van der Waals surface area contributed by atoms with Crippen molar-refractivity contribution >= 4 is 45.7 Å². The molecule has 3 aromatic rings. The Kier molecular flexibility index (Phi) is 6.96. The Balaban J connectivity index is 1.72. The van der Waals surface area contributed by atoms with Gasteiger partial charge in [-0.25, -0.2) is 4.68 Å². The van der Waals surface area contributed by atoms with Crippen molar-refractivity contribution < 1.29 is 9.59 Å². The van der Waals surface area contributed by atoms with Gasteiger partial charge in [-0.3, -0.25) is 19.1 Å². The van der Waals surface area contributed by atoms with Gasteiger partial charge < -0.3 is 10.6 Å². The number of nitrogens with zero attached hydrogens (tertiary/aromatic N) is 4. The monoisotopic (exact) mass is 460 g/mol. The highest BCUT2D eigenvalue weighted by atomic mass is 32.2. The molecule has 2 aromatic heterocycles. The van der Waals surface area contributed by atoms with E-state index in [2.05, 4.69) is 20.8 Å². The number of para-hydroxylation sites is 1. The fourth-order valence-electron chi connectivity index (χ4n) is 2.70. The SMILES string of the molecule is Cc1c(NC(=O)C(C)Sc2nnc(NC(=O)C(C)C)s2)c(=O)n(-c2ccccc2)n1C. The van der Waals surface area contributed by atoms with Crippen molar-refractivity contribution in [1.82, 2.24) is 19.6 Å². The topological polar surface area (TPSA) is 111 Å². The summed E-state index contributed by atoms with van der Waals surface area (Å²) in [5.74, 6) is -0.634. The zero-order valence-electron chi connectivity index (χ0n) is 17.9. The van der Waals surface area contributed by atoms with Crippen LogP contribution in [0.4, 0.5) is 10.8 Å². The third-order valence-electron chi connectivity index (χ3n) is 4.61. The summed E-state index contributed by atoms with van der Waals surface area (Å²) < 4.78 is 3.77. The lowest BCUT2D eigenvalue weighted by molar-refractivity contribution is -0.119. The third-order valence-corrected chi connectivity index (χ3v) is 6.63. The van der Waals surface area contributed by atoms with E-state index in [1.807, 2.05) is 30.3 Å². The predicted molar refractivity (Wildman–Crippen MR) is 123 cm³/mol. The molecule has 0 spiro atoms. The van der Waals surface area contributed by atoms with Gasteiger partial charge in [-0.05, 0) is 26.0 Å². The molecule has 0 radical (unpaired) electrons. The molecule has 0 bridgehead atoms. The number of rotatable bonds is 7. The fourth-order valence-corrected chi connectivity index (χ4v) is 4.60. The van der Waals surface area contributed by atoms with Crippen LogP contribution in [0.15, 0.2) is 39.5 Å². The molecule has 0 saturated carbocycles. The van der Waals surface area contributed by atoms with Crippen LogP contribution in [0.25, 0.3) is 5.69 Å². The summed E-state index contributed by atoms with van der Waals surface area (Å²) in [6.45, 7) is 7.08. The first-order valence-corrected chi connectivity index (χ1v) is 11.3. The Labute approximate surface area is 187 Å². The lowest BCUT2D eigenvalue weighted by atomic mass is 10.2. The molecule has 0 aliphatic rings. The molecule has 0 aliphatic carbocycles. The molecule has 0 aliphatic heterocycles. The molecule has 31 heavy (non-hydrogen) atoms. The lowest BCUT2D eigenvalue weighted by Gasteiger charge is -2.09.